The molecular formula is C16H20ClNO5. The van der Waals surface area contributed by atoms with Gasteiger partial charge in [0.25, 0.3) is 0 Å². The molecule has 1 amide bonds. The van der Waals surface area contributed by atoms with Crippen molar-refractivity contribution in [2.24, 2.45) is 0 Å². The maximum Gasteiger partial charge on any atom is 0.328 e. The van der Waals surface area contributed by atoms with E-state index in [1.165, 1.54) is 4.90 Å². The van der Waals surface area contributed by atoms with E-state index in [4.69, 9.17) is 25.8 Å². The number of carbonyl (C=O) groups is 2. The number of rotatable bonds is 6. The maximum atomic E-state index is 11.9. The highest BCUT2D eigenvalue weighted by molar-refractivity contribution is 6.30. The maximum absolute atomic E-state index is 11.9. The van der Waals surface area contributed by atoms with E-state index in [1.807, 2.05) is 0 Å². The topological polar surface area (TPSA) is 65.1 Å². The Kier molecular flexibility index (Phi) is 6.24. The largest absolute Gasteiger partial charge is 0.491 e. The molecule has 1 fully saturated rings. The van der Waals surface area contributed by atoms with Gasteiger partial charge in [0.05, 0.1) is 13.2 Å². The fourth-order valence-corrected chi connectivity index (χ4v) is 2.44. The quantitative estimate of drug-likeness (QED) is 0.739. The SMILES string of the molecule is CCOC(=O)C(C)N1CC(COc2cccc(Cl)c2)OCC1=O. The number of hydrogen-bond acceptors (Lipinski definition) is 5. The first kappa shape index (κ1) is 17.6. The second-order valence-electron chi connectivity index (χ2n) is 5.18. The number of benzene rings is 1. The number of amides is 1. The summed E-state index contributed by atoms with van der Waals surface area (Å²) in [6.07, 6.45) is -0.316. The van der Waals surface area contributed by atoms with Crippen molar-refractivity contribution in [1.29, 1.82) is 0 Å². The smallest absolute Gasteiger partial charge is 0.328 e. The first-order valence-electron chi connectivity index (χ1n) is 7.47. The van der Waals surface area contributed by atoms with Crippen molar-refractivity contribution in [1.82, 2.24) is 4.90 Å². The van der Waals surface area contributed by atoms with Gasteiger partial charge in [-0.3, -0.25) is 4.79 Å². The summed E-state index contributed by atoms with van der Waals surface area (Å²) in [6.45, 7) is 4.12. The Hall–Kier alpha value is -1.79. The molecule has 0 saturated carbocycles. The van der Waals surface area contributed by atoms with Crippen LogP contribution < -0.4 is 4.74 Å². The molecule has 0 bridgehead atoms. The average Bonchev–Trinajstić information content (AvgIpc) is 2.54. The second-order valence-corrected chi connectivity index (χ2v) is 5.61. The van der Waals surface area contributed by atoms with Crippen LogP contribution in [0.5, 0.6) is 5.75 Å². The lowest BCUT2D eigenvalue weighted by Crippen LogP contribution is -2.54. The van der Waals surface area contributed by atoms with Crippen LogP contribution in [0.1, 0.15) is 13.8 Å². The first-order valence-corrected chi connectivity index (χ1v) is 7.85. The summed E-state index contributed by atoms with van der Waals surface area (Å²) in [5.41, 5.74) is 0. The summed E-state index contributed by atoms with van der Waals surface area (Å²) >= 11 is 5.90. The van der Waals surface area contributed by atoms with Gasteiger partial charge in [-0.1, -0.05) is 17.7 Å². The molecule has 1 saturated heterocycles. The molecule has 1 aliphatic rings. The Bertz CT molecular complexity index is 565. The van der Waals surface area contributed by atoms with E-state index in [0.29, 0.717) is 10.8 Å². The van der Waals surface area contributed by atoms with Crippen molar-refractivity contribution < 1.29 is 23.8 Å². The molecule has 0 radical (unpaired) electrons. The molecule has 6 nitrogen and oxygen atoms in total. The third-order valence-corrected chi connectivity index (χ3v) is 3.73. The molecule has 7 heteroatoms. The van der Waals surface area contributed by atoms with E-state index in [9.17, 15) is 9.59 Å². The third-order valence-electron chi connectivity index (χ3n) is 3.49. The third kappa shape index (κ3) is 4.84. The van der Waals surface area contributed by atoms with Crippen molar-refractivity contribution in [2.45, 2.75) is 26.0 Å². The molecule has 2 rings (SSSR count). The van der Waals surface area contributed by atoms with Gasteiger partial charge in [-0.15, -0.1) is 0 Å². The number of halogens is 1. The predicted octanol–water partition coefficient (Wildman–Crippen LogP) is 1.90. The van der Waals surface area contributed by atoms with Crippen molar-refractivity contribution >= 4 is 23.5 Å². The van der Waals surface area contributed by atoms with Gasteiger partial charge in [0, 0.05) is 5.02 Å². The minimum atomic E-state index is -0.639. The van der Waals surface area contributed by atoms with Crippen molar-refractivity contribution in [2.75, 3.05) is 26.4 Å². The zero-order chi connectivity index (χ0) is 16.8. The van der Waals surface area contributed by atoms with Crippen LogP contribution in [0.3, 0.4) is 0 Å². The lowest BCUT2D eigenvalue weighted by Gasteiger charge is -2.35. The Morgan fingerprint density at radius 2 is 2.30 bits per heavy atom. The molecule has 126 valence electrons. The van der Waals surface area contributed by atoms with Gasteiger partial charge in [0.15, 0.2) is 0 Å². The monoisotopic (exact) mass is 341 g/mol. The molecular weight excluding hydrogens is 322 g/mol. The summed E-state index contributed by atoms with van der Waals surface area (Å²) in [4.78, 5) is 25.2. The van der Waals surface area contributed by atoms with Crippen molar-refractivity contribution in [3.8, 4) is 5.75 Å². The molecule has 1 aromatic rings. The Balaban J connectivity index is 1.92. The number of nitrogens with zero attached hydrogens (tertiary/aromatic N) is 1. The number of morpholine rings is 1. The number of hydrogen-bond donors (Lipinski definition) is 0. The number of ether oxygens (including phenoxy) is 3. The summed E-state index contributed by atoms with van der Waals surface area (Å²) < 4.78 is 16.1. The van der Waals surface area contributed by atoms with Crippen LogP contribution >= 0.6 is 11.6 Å². The van der Waals surface area contributed by atoms with Gasteiger partial charge in [-0.2, -0.15) is 0 Å². The highest BCUT2D eigenvalue weighted by Crippen LogP contribution is 2.18. The average molecular weight is 342 g/mol. The lowest BCUT2D eigenvalue weighted by atomic mass is 10.2. The van der Waals surface area contributed by atoms with Gasteiger partial charge in [0.1, 0.15) is 31.1 Å². The van der Waals surface area contributed by atoms with Crippen LogP contribution in [0, 0.1) is 0 Å². The molecule has 0 spiro atoms. The molecule has 1 aliphatic heterocycles. The second kappa shape index (κ2) is 8.17. The van der Waals surface area contributed by atoms with Crippen LogP contribution in [0.2, 0.25) is 5.02 Å². The fraction of sp³-hybridized carbons (Fsp3) is 0.500. The molecule has 0 N–H and O–H groups in total. The van der Waals surface area contributed by atoms with Gasteiger partial charge in [0.2, 0.25) is 5.91 Å². The molecule has 2 atom stereocenters. The summed E-state index contributed by atoms with van der Waals surface area (Å²) in [5, 5.41) is 0.583. The number of carbonyl (C=O) groups excluding carboxylic acids is 2. The van der Waals surface area contributed by atoms with Crippen LogP contribution in [0.25, 0.3) is 0 Å². The Morgan fingerprint density at radius 1 is 1.52 bits per heavy atom. The summed E-state index contributed by atoms with van der Waals surface area (Å²) in [7, 11) is 0. The minimum Gasteiger partial charge on any atom is -0.491 e. The van der Waals surface area contributed by atoms with Crippen molar-refractivity contribution in [3.05, 3.63) is 29.3 Å². The van der Waals surface area contributed by atoms with E-state index >= 15 is 0 Å². The number of esters is 1. The first-order chi connectivity index (χ1) is 11.0. The van der Waals surface area contributed by atoms with Gasteiger partial charge in [-0.25, -0.2) is 4.79 Å². The molecule has 1 aromatic carbocycles. The van der Waals surface area contributed by atoms with Gasteiger partial charge >= 0.3 is 5.97 Å². The normalized spacial score (nSPS) is 19.3. The standard InChI is InChI=1S/C16H20ClNO5/c1-3-21-16(20)11(2)18-8-14(23-10-15(18)19)9-22-13-6-4-5-12(17)7-13/h4-7,11,14H,3,8-10H2,1-2H3. The van der Waals surface area contributed by atoms with E-state index in [2.05, 4.69) is 0 Å². The van der Waals surface area contributed by atoms with Crippen LogP contribution in [0.15, 0.2) is 24.3 Å². The van der Waals surface area contributed by atoms with Crippen LogP contribution in [-0.4, -0.2) is 55.3 Å². The van der Waals surface area contributed by atoms with E-state index in [1.54, 1.807) is 38.1 Å². The van der Waals surface area contributed by atoms with E-state index in [-0.39, 0.29) is 38.4 Å². The molecule has 0 aliphatic carbocycles. The lowest BCUT2D eigenvalue weighted by molar-refractivity contribution is -0.164. The predicted molar refractivity (Wildman–Crippen MR) is 84.5 cm³/mol. The van der Waals surface area contributed by atoms with Crippen LogP contribution in [0.4, 0.5) is 0 Å². The Morgan fingerprint density at radius 3 is 3.00 bits per heavy atom. The summed E-state index contributed by atoms with van der Waals surface area (Å²) in [6, 6.07) is 6.40. The fourth-order valence-electron chi connectivity index (χ4n) is 2.26. The zero-order valence-electron chi connectivity index (χ0n) is 13.2. The molecule has 2 unspecified atom stereocenters. The summed E-state index contributed by atoms with van der Waals surface area (Å²) in [5.74, 6) is -0.0233. The minimum absolute atomic E-state index is 0.0761. The highest BCUT2D eigenvalue weighted by atomic mass is 35.5. The molecule has 23 heavy (non-hydrogen) atoms. The van der Waals surface area contributed by atoms with Crippen LogP contribution in [-0.2, 0) is 19.1 Å². The Labute approximate surface area is 140 Å². The van der Waals surface area contributed by atoms with Crippen molar-refractivity contribution in [3.63, 3.8) is 0 Å². The molecule has 1 heterocycles. The zero-order valence-corrected chi connectivity index (χ0v) is 13.9. The van der Waals surface area contributed by atoms with Gasteiger partial charge in [-0.05, 0) is 32.0 Å². The molecule has 0 aromatic heterocycles. The highest BCUT2D eigenvalue weighted by Gasteiger charge is 2.33. The van der Waals surface area contributed by atoms with Gasteiger partial charge < -0.3 is 19.1 Å². The van der Waals surface area contributed by atoms with E-state index < -0.39 is 12.0 Å². The van der Waals surface area contributed by atoms with E-state index in [0.717, 1.165) is 0 Å².